The monoisotopic (exact) mass is 326 g/mol. The summed E-state index contributed by atoms with van der Waals surface area (Å²) in [6, 6.07) is 6.39. The van der Waals surface area contributed by atoms with Crippen molar-refractivity contribution < 1.29 is 4.39 Å². The quantitative estimate of drug-likeness (QED) is 0.685. The van der Waals surface area contributed by atoms with Crippen LogP contribution in [0.3, 0.4) is 0 Å². The molecular weight excluding hydrogens is 322 g/mol. The van der Waals surface area contributed by atoms with Gasteiger partial charge in [-0.25, -0.2) is 4.39 Å². The van der Waals surface area contributed by atoms with E-state index in [0.29, 0.717) is 0 Å². The van der Waals surface area contributed by atoms with Crippen LogP contribution in [0.25, 0.3) is 3.58 Å². The average molecular weight is 327 g/mol. The largest absolute Gasteiger partial charge is 0.207 e. The Hall–Kier alpha value is 0.1000. The Labute approximate surface area is 86.8 Å². The third-order valence-corrected chi connectivity index (χ3v) is 3.46. The van der Waals surface area contributed by atoms with Gasteiger partial charge in [-0.1, -0.05) is 28.1 Å². The lowest BCUT2D eigenvalue weighted by Gasteiger charge is -1.96. The predicted octanol–water partition coefficient (Wildman–Crippen LogP) is 3.95. The molecule has 0 spiro atoms. The highest BCUT2D eigenvalue weighted by molar-refractivity contribution is 14.1. The van der Waals surface area contributed by atoms with E-state index in [-0.39, 0.29) is 5.82 Å². The van der Waals surface area contributed by atoms with Gasteiger partial charge in [-0.15, -0.1) is 0 Å². The van der Waals surface area contributed by atoms with Crippen molar-refractivity contribution in [2.24, 2.45) is 0 Å². The summed E-state index contributed by atoms with van der Waals surface area (Å²) < 4.78 is 13.5. The van der Waals surface area contributed by atoms with Crippen LogP contribution in [-0.4, -0.2) is 0 Å². The van der Waals surface area contributed by atoms with Gasteiger partial charge in [0.05, 0.1) is 0 Å². The number of halogens is 3. The summed E-state index contributed by atoms with van der Waals surface area (Å²) in [4.78, 5) is 1.81. The van der Waals surface area contributed by atoms with Crippen LogP contribution >= 0.6 is 38.5 Å². The second-order valence-corrected chi connectivity index (χ2v) is 3.58. The van der Waals surface area contributed by atoms with Gasteiger partial charge in [0.2, 0.25) is 0 Å². The highest BCUT2D eigenvalue weighted by Gasteiger charge is 1.95. The topological polar surface area (TPSA) is 0 Å². The minimum atomic E-state index is -0.201. The van der Waals surface area contributed by atoms with Crippen molar-refractivity contribution >= 4 is 42.1 Å². The first-order chi connectivity index (χ1) is 5.24. The second-order valence-electron chi connectivity index (χ2n) is 1.96. The Balaban J connectivity index is 2.99. The van der Waals surface area contributed by atoms with Crippen molar-refractivity contribution in [3.63, 3.8) is 0 Å². The highest BCUT2D eigenvalue weighted by atomic mass is 127. The Bertz CT molecular complexity index is 266. The smallest absolute Gasteiger partial charge is 0.123 e. The molecule has 0 nitrogen and oxygen atoms in total. The summed E-state index contributed by atoms with van der Waals surface area (Å²) in [6.07, 6.45) is 0. The van der Waals surface area contributed by atoms with Crippen LogP contribution in [0.15, 0.2) is 29.3 Å². The van der Waals surface area contributed by atoms with Gasteiger partial charge in [0.1, 0.15) is 5.82 Å². The molecule has 0 radical (unpaired) electrons. The van der Waals surface area contributed by atoms with Crippen LogP contribution in [0.5, 0.6) is 0 Å². The summed E-state index contributed by atoms with van der Waals surface area (Å²) >= 11 is 5.38. The minimum Gasteiger partial charge on any atom is -0.207 e. The molecule has 0 atom stereocenters. The van der Waals surface area contributed by atoms with E-state index in [1.165, 1.54) is 12.1 Å². The SMILES string of the molecule is Fc1ccc(/C(I)=C/Br)cc1. The maximum atomic E-state index is 12.4. The lowest BCUT2D eigenvalue weighted by Crippen LogP contribution is -1.76. The van der Waals surface area contributed by atoms with Crippen LogP contribution in [0.1, 0.15) is 5.56 Å². The van der Waals surface area contributed by atoms with Gasteiger partial charge in [-0.05, 0) is 45.3 Å². The van der Waals surface area contributed by atoms with Gasteiger partial charge in [0.15, 0.2) is 0 Å². The van der Waals surface area contributed by atoms with Crippen molar-refractivity contribution in [1.29, 1.82) is 0 Å². The summed E-state index contributed by atoms with van der Waals surface area (Å²) in [5.41, 5.74) is 1.02. The van der Waals surface area contributed by atoms with E-state index in [1.807, 2.05) is 0 Å². The van der Waals surface area contributed by atoms with E-state index in [2.05, 4.69) is 38.5 Å². The zero-order valence-corrected chi connectivity index (χ0v) is 9.26. The van der Waals surface area contributed by atoms with E-state index in [4.69, 9.17) is 0 Å². The van der Waals surface area contributed by atoms with Crippen molar-refractivity contribution in [2.45, 2.75) is 0 Å². The standard InChI is InChI=1S/C8H5BrFI/c9-5-8(11)6-1-3-7(10)4-2-6/h1-5H/b8-5-. The van der Waals surface area contributed by atoms with Crippen molar-refractivity contribution in [3.05, 3.63) is 40.6 Å². The lowest BCUT2D eigenvalue weighted by atomic mass is 10.2. The van der Waals surface area contributed by atoms with Crippen molar-refractivity contribution in [2.75, 3.05) is 0 Å². The normalized spacial score (nSPS) is 11.7. The molecular formula is C8H5BrFI. The summed E-state index contributed by atoms with van der Waals surface area (Å²) in [5, 5.41) is 0. The zero-order chi connectivity index (χ0) is 8.27. The molecule has 1 aromatic rings. The van der Waals surface area contributed by atoms with E-state index >= 15 is 0 Å². The molecule has 3 heteroatoms. The summed E-state index contributed by atoms with van der Waals surface area (Å²) in [7, 11) is 0. The average Bonchev–Trinajstić information content (AvgIpc) is 2.05. The van der Waals surface area contributed by atoms with E-state index < -0.39 is 0 Å². The molecule has 0 aromatic heterocycles. The summed E-state index contributed by atoms with van der Waals surface area (Å²) in [5.74, 6) is -0.201. The molecule has 1 aromatic carbocycles. The Morgan fingerprint density at radius 1 is 1.36 bits per heavy atom. The Kier molecular flexibility index (Phi) is 3.51. The number of hydrogen-bond donors (Lipinski definition) is 0. The molecule has 0 unspecified atom stereocenters. The Morgan fingerprint density at radius 2 is 1.91 bits per heavy atom. The lowest BCUT2D eigenvalue weighted by molar-refractivity contribution is 0.628. The number of rotatable bonds is 1. The van der Waals surface area contributed by atoms with Crippen LogP contribution < -0.4 is 0 Å². The van der Waals surface area contributed by atoms with Crippen molar-refractivity contribution in [3.8, 4) is 0 Å². The third kappa shape index (κ3) is 2.56. The van der Waals surface area contributed by atoms with E-state index in [0.717, 1.165) is 9.14 Å². The minimum absolute atomic E-state index is 0.201. The van der Waals surface area contributed by atoms with Gasteiger partial charge in [-0.2, -0.15) is 0 Å². The molecule has 0 aliphatic carbocycles. The van der Waals surface area contributed by atoms with E-state index in [9.17, 15) is 4.39 Å². The van der Waals surface area contributed by atoms with Gasteiger partial charge in [0.25, 0.3) is 0 Å². The maximum Gasteiger partial charge on any atom is 0.123 e. The van der Waals surface area contributed by atoms with E-state index in [1.54, 1.807) is 17.1 Å². The second kappa shape index (κ2) is 4.21. The van der Waals surface area contributed by atoms with Gasteiger partial charge in [0, 0.05) is 3.58 Å². The molecule has 0 saturated carbocycles. The van der Waals surface area contributed by atoms with Crippen LogP contribution in [0.2, 0.25) is 0 Å². The van der Waals surface area contributed by atoms with Gasteiger partial charge < -0.3 is 0 Å². The van der Waals surface area contributed by atoms with Crippen LogP contribution in [0, 0.1) is 5.82 Å². The fraction of sp³-hybridized carbons (Fsp3) is 0. The van der Waals surface area contributed by atoms with Gasteiger partial charge in [-0.3, -0.25) is 0 Å². The molecule has 0 heterocycles. The first-order valence-electron chi connectivity index (χ1n) is 2.96. The molecule has 0 aliphatic rings. The molecule has 0 bridgehead atoms. The molecule has 0 N–H and O–H groups in total. The Morgan fingerprint density at radius 3 is 2.36 bits per heavy atom. The third-order valence-electron chi connectivity index (χ3n) is 1.22. The predicted molar refractivity (Wildman–Crippen MR) is 57.3 cm³/mol. The maximum absolute atomic E-state index is 12.4. The van der Waals surface area contributed by atoms with Gasteiger partial charge >= 0.3 is 0 Å². The first kappa shape index (κ1) is 9.19. The molecule has 11 heavy (non-hydrogen) atoms. The highest BCUT2D eigenvalue weighted by Crippen LogP contribution is 2.22. The molecule has 58 valence electrons. The molecule has 1 rings (SSSR count). The molecule has 0 saturated heterocycles. The number of benzene rings is 1. The van der Waals surface area contributed by atoms with Crippen molar-refractivity contribution in [1.82, 2.24) is 0 Å². The molecule has 0 amide bonds. The van der Waals surface area contributed by atoms with Crippen LogP contribution in [-0.2, 0) is 0 Å². The molecule has 0 aliphatic heterocycles. The fourth-order valence-corrected chi connectivity index (χ4v) is 1.30. The van der Waals surface area contributed by atoms with Crippen LogP contribution in [0.4, 0.5) is 4.39 Å². The fourth-order valence-electron chi connectivity index (χ4n) is 0.672. The zero-order valence-electron chi connectivity index (χ0n) is 5.52. The molecule has 0 fully saturated rings. The first-order valence-corrected chi connectivity index (χ1v) is 4.95. The number of hydrogen-bond acceptors (Lipinski definition) is 0. The summed E-state index contributed by atoms with van der Waals surface area (Å²) in [6.45, 7) is 0.